The van der Waals surface area contributed by atoms with Gasteiger partial charge in [-0.05, 0) is 24.6 Å². The van der Waals surface area contributed by atoms with Crippen molar-refractivity contribution in [2.24, 2.45) is 0 Å². The molecule has 2 rings (SSSR count). The number of amides is 1. The molecule has 0 radical (unpaired) electrons. The van der Waals surface area contributed by atoms with Crippen LogP contribution in [0.5, 0.6) is 0 Å². The van der Waals surface area contributed by atoms with Crippen molar-refractivity contribution in [1.82, 2.24) is 5.32 Å². The SMILES string of the molecule is CCCNC(=O)C1COCCN1c1ccc(N)c(C#N)c1. The van der Waals surface area contributed by atoms with Crippen LogP contribution >= 0.6 is 0 Å². The van der Waals surface area contributed by atoms with E-state index in [0.29, 0.717) is 37.6 Å². The third-order valence-corrected chi connectivity index (χ3v) is 3.47. The van der Waals surface area contributed by atoms with E-state index in [1.807, 2.05) is 17.9 Å². The predicted octanol–water partition coefficient (Wildman–Crippen LogP) is 0.872. The minimum absolute atomic E-state index is 0.0492. The topological polar surface area (TPSA) is 91.4 Å². The van der Waals surface area contributed by atoms with E-state index in [0.717, 1.165) is 12.1 Å². The fourth-order valence-electron chi connectivity index (χ4n) is 2.32. The number of hydrogen-bond acceptors (Lipinski definition) is 5. The van der Waals surface area contributed by atoms with E-state index >= 15 is 0 Å². The predicted molar refractivity (Wildman–Crippen MR) is 80.8 cm³/mol. The number of nitrogen functional groups attached to an aromatic ring is 1. The monoisotopic (exact) mass is 288 g/mol. The van der Waals surface area contributed by atoms with Crippen molar-refractivity contribution in [2.45, 2.75) is 19.4 Å². The number of carbonyl (C=O) groups is 1. The Bertz CT molecular complexity index is 553. The van der Waals surface area contributed by atoms with E-state index < -0.39 is 0 Å². The molecule has 6 nitrogen and oxygen atoms in total. The highest BCUT2D eigenvalue weighted by atomic mass is 16.5. The third-order valence-electron chi connectivity index (χ3n) is 3.47. The number of benzene rings is 1. The summed E-state index contributed by atoms with van der Waals surface area (Å²) in [4.78, 5) is 14.2. The molecule has 1 amide bonds. The Balaban J connectivity index is 2.22. The normalized spacial score (nSPS) is 18.1. The minimum Gasteiger partial charge on any atom is -0.398 e. The van der Waals surface area contributed by atoms with Crippen LogP contribution in [0.25, 0.3) is 0 Å². The van der Waals surface area contributed by atoms with E-state index in [2.05, 4.69) is 11.4 Å². The van der Waals surface area contributed by atoms with E-state index in [1.54, 1.807) is 12.1 Å². The second-order valence-corrected chi connectivity index (χ2v) is 4.96. The minimum atomic E-state index is -0.375. The lowest BCUT2D eigenvalue weighted by molar-refractivity contribution is -0.124. The summed E-state index contributed by atoms with van der Waals surface area (Å²) in [6.07, 6.45) is 0.889. The van der Waals surface area contributed by atoms with Gasteiger partial charge < -0.3 is 20.7 Å². The van der Waals surface area contributed by atoms with Gasteiger partial charge in [-0.15, -0.1) is 0 Å². The number of nitrogens with two attached hydrogens (primary N) is 1. The first-order valence-corrected chi connectivity index (χ1v) is 7.09. The summed E-state index contributed by atoms with van der Waals surface area (Å²) in [5.74, 6) is -0.0492. The third kappa shape index (κ3) is 3.44. The summed E-state index contributed by atoms with van der Waals surface area (Å²) in [6, 6.07) is 6.95. The molecule has 1 aliphatic rings. The zero-order valence-electron chi connectivity index (χ0n) is 12.1. The molecular weight excluding hydrogens is 268 g/mol. The van der Waals surface area contributed by atoms with Gasteiger partial charge in [-0.3, -0.25) is 4.79 Å². The largest absolute Gasteiger partial charge is 0.398 e. The maximum absolute atomic E-state index is 12.2. The molecule has 112 valence electrons. The first kappa shape index (κ1) is 15.1. The Morgan fingerprint density at radius 3 is 3.14 bits per heavy atom. The second-order valence-electron chi connectivity index (χ2n) is 4.96. The number of carbonyl (C=O) groups excluding carboxylic acids is 1. The molecule has 1 unspecified atom stereocenters. The molecule has 1 saturated heterocycles. The summed E-state index contributed by atoms with van der Waals surface area (Å²) < 4.78 is 5.42. The van der Waals surface area contributed by atoms with Crippen molar-refractivity contribution in [3.05, 3.63) is 23.8 Å². The molecule has 0 spiro atoms. The number of morpholine rings is 1. The summed E-state index contributed by atoms with van der Waals surface area (Å²) in [5.41, 5.74) is 7.43. The number of nitrogens with one attached hydrogen (secondary N) is 1. The van der Waals surface area contributed by atoms with Gasteiger partial charge in [-0.25, -0.2) is 0 Å². The summed E-state index contributed by atoms with van der Waals surface area (Å²) in [5, 5.41) is 12.0. The smallest absolute Gasteiger partial charge is 0.245 e. The van der Waals surface area contributed by atoms with Crippen molar-refractivity contribution >= 4 is 17.3 Å². The molecule has 3 N–H and O–H groups in total. The van der Waals surface area contributed by atoms with Gasteiger partial charge in [0.25, 0.3) is 0 Å². The van der Waals surface area contributed by atoms with Crippen molar-refractivity contribution in [1.29, 1.82) is 5.26 Å². The fraction of sp³-hybridized carbons (Fsp3) is 0.467. The Morgan fingerprint density at radius 2 is 2.43 bits per heavy atom. The maximum Gasteiger partial charge on any atom is 0.245 e. The Hall–Kier alpha value is -2.26. The zero-order valence-corrected chi connectivity index (χ0v) is 12.1. The summed E-state index contributed by atoms with van der Waals surface area (Å²) >= 11 is 0. The van der Waals surface area contributed by atoms with Gasteiger partial charge in [0, 0.05) is 24.5 Å². The Labute approximate surface area is 124 Å². The molecule has 1 fully saturated rings. The number of anilines is 2. The zero-order chi connectivity index (χ0) is 15.2. The van der Waals surface area contributed by atoms with Gasteiger partial charge in [0.2, 0.25) is 5.91 Å². The standard InChI is InChI=1S/C15H20N4O2/c1-2-5-18-15(20)14-10-21-7-6-19(14)12-3-4-13(17)11(8-12)9-16/h3-4,8,14H,2,5-7,10,17H2,1H3,(H,18,20). The first-order valence-electron chi connectivity index (χ1n) is 7.09. The lowest BCUT2D eigenvalue weighted by Crippen LogP contribution is -2.54. The highest BCUT2D eigenvalue weighted by molar-refractivity contribution is 5.86. The summed E-state index contributed by atoms with van der Waals surface area (Å²) in [7, 11) is 0. The molecule has 21 heavy (non-hydrogen) atoms. The molecule has 1 aliphatic heterocycles. The molecule has 0 bridgehead atoms. The van der Waals surface area contributed by atoms with Gasteiger partial charge in [0.1, 0.15) is 12.1 Å². The maximum atomic E-state index is 12.2. The molecule has 0 saturated carbocycles. The molecule has 6 heteroatoms. The van der Waals surface area contributed by atoms with Crippen LogP contribution in [0.2, 0.25) is 0 Å². The lowest BCUT2D eigenvalue weighted by Gasteiger charge is -2.36. The fourth-order valence-corrected chi connectivity index (χ4v) is 2.32. The lowest BCUT2D eigenvalue weighted by atomic mass is 10.1. The highest BCUT2D eigenvalue weighted by Gasteiger charge is 2.29. The highest BCUT2D eigenvalue weighted by Crippen LogP contribution is 2.24. The molecule has 1 atom stereocenters. The van der Waals surface area contributed by atoms with Crippen molar-refractivity contribution in [3.63, 3.8) is 0 Å². The number of nitrogens with zero attached hydrogens (tertiary/aromatic N) is 2. The van der Waals surface area contributed by atoms with Crippen LogP contribution in [0, 0.1) is 11.3 Å². The number of ether oxygens (including phenoxy) is 1. The number of rotatable bonds is 4. The molecule has 1 aromatic rings. The second kappa shape index (κ2) is 6.95. The van der Waals surface area contributed by atoms with Gasteiger partial charge in [-0.2, -0.15) is 5.26 Å². The van der Waals surface area contributed by atoms with E-state index in [1.165, 1.54) is 0 Å². The summed E-state index contributed by atoms with van der Waals surface area (Å²) in [6.45, 7) is 4.17. The van der Waals surface area contributed by atoms with Gasteiger partial charge in [-0.1, -0.05) is 6.92 Å². The van der Waals surface area contributed by atoms with E-state index in [9.17, 15) is 4.79 Å². The Kier molecular flexibility index (Phi) is 5.01. The van der Waals surface area contributed by atoms with E-state index in [4.69, 9.17) is 15.7 Å². The van der Waals surface area contributed by atoms with Crippen LogP contribution in [0.1, 0.15) is 18.9 Å². The van der Waals surface area contributed by atoms with Crippen LogP contribution in [0.3, 0.4) is 0 Å². The van der Waals surface area contributed by atoms with Crippen molar-refractivity contribution in [3.8, 4) is 6.07 Å². The van der Waals surface area contributed by atoms with Gasteiger partial charge >= 0.3 is 0 Å². The van der Waals surface area contributed by atoms with Gasteiger partial charge in [0.15, 0.2) is 0 Å². The van der Waals surface area contributed by atoms with Crippen LogP contribution in [-0.2, 0) is 9.53 Å². The molecule has 0 aromatic heterocycles. The number of hydrogen-bond donors (Lipinski definition) is 2. The first-order chi connectivity index (χ1) is 10.2. The van der Waals surface area contributed by atoms with Crippen LogP contribution < -0.4 is 16.0 Å². The molecular formula is C15H20N4O2. The Morgan fingerprint density at radius 1 is 1.62 bits per heavy atom. The van der Waals surface area contributed by atoms with Gasteiger partial charge in [0.05, 0.1) is 18.8 Å². The molecule has 0 aliphatic carbocycles. The molecule has 1 heterocycles. The van der Waals surface area contributed by atoms with Crippen LogP contribution in [0.4, 0.5) is 11.4 Å². The number of nitriles is 1. The quantitative estimate of drug-likeness (QED) is 0.802. The van der Waals surface area contributed by atoms with Crippen molar-refractivity contribution < 1.29 is 9.53 Å². The molecule has 1 aromatic carbocycles. The van der Waals surface area contributed by atoms with E-state index in [-0.39, 0.29) is 11.9 Å². The van der Waals surface area contributed by atoms with Crippen molar-refractivity contribution in [2.75, 3.05) is 36.9 Å². The van der Waals surface area contributed by atoms with Crippen LogP contribution in [0.15, 0.2) is 18.2 Å². The van der Waals surface area contributed by atoms with Crippen LogP contribution in [-0.4, -0.2) is 38.3 Å². The average Bonchev–Trinajstić information content (AvgIpc) is 2.53. The average molecular weight is 288 g/mol.